The SMILES string of the molecule is CCOP(=O)(OCC)C(CF)NS(=O)(=O)c1ccc(C)cc1. The van der Waals surface area contributed by atoms with E-state index in [9.17, 15) is 17.4 Å². The van der Waals surface area contributed by atoms with Gasteiger partial charge >= 0.3 is 7.60 Å². The predicted molar refractivity (Wildman–Crippen MR) is 82.1 cm³/mol. The molecule has 0 saturated carbocycles. The Hall–Kier alpha value is -0.790. The first-order valence-electron chi connectivity index (χ1n) is 6.82. The van der Waals surface area contributed by atoms with Gasteiger partial charge in [-0.3, -0.25) is 4.57 Å². The van der Waals surface area contributed by atoms with E-state index in [2.05, 4.69) is 4.72 Å². The Morgan fingerprint density at radius 1 is 1.18 bits per heavy atom. The molecule has 0 amide bonds. The minimum absolute atomic E-state index is 0.0139. The second-order valence-electron chi connectivity index (χ2n) is 4.48. The molecule has 0 aromatic heterocycles. The highest BCUT2D eigenvalue weighted by atomic mass is 32.2. The first kappa shape index (κ1) is 19.3. The van der Waals surface area contributed by atoms with E-state index >= 15 is 0 Å². The van der Waals surface area contributed by atoms with E-state index in [1.807, 2.05) is 6.92 Å². The lowest BCUT2D eigenvalue weighted by molar-refractivity contribution is 0.205. The fourth-order valence-electron chi connectivity index (χ4n) is 1.72. The van der Waals surface area contributed by atoms with Crippen molar-refractivity contribution in [3.63, 3.8) is 0 Å². The maximum atomic E-state index is 13.3. The van der Waals surface area contributed by atoms with Gasteiger partial charge in [-0.1, -0.05) is 17.7 Å². The highest BCUT2D eigenvalue weighted by molar-refractivity contribution is 7.89. The number of rotatable bonds is 9. The summed E-state index contributed by atoms with van der Waals surface area (Å²) in [4.78, 5) is -0.0453. The van der Waals surface area contributed by atoms with Crippen molar-refractivity contribution in [2.24, 2.45) is 0 Å². The van der Waals surface area contributed by atoms with Crippen LogP contribution in [-0.2, 0) is 23.6 Å². The fraction of sp³-hybridized carbons (Fsp3) is 0.538. The van der Waals surface area contributed by atoms with E-state index in [-0.39, 0.29) is 18.1 Å². The first-order valence-corrected chi connectivity index (χ1v) is 9.92. The molecule has 0 saturated heterocycles. The molecule has 1 aromatic carbocycles. The van der Waals surface area contributed by atoms with Crippen LogP contribution in [0.3, 0.4) is 0 Å². The zero-order chi connectivity index (χ0) is 16.8. The maximum absolute atomic E-state index is 13.3. The van der Waals surface area contributed by atoms with Crippen molar-refractivity contribution >= 4 is 17.6 Å². The van der Waals surface area contributed by atoms with Crippen LogP contribution in [0.2, 0.25) is 0 Å². The standard InChI is InChI=1S/C13H21FNO5PS/c1-4-19-21(16,20-5-2)13(10-14)15-22(17,18)12-8-6-11(3)7-9-12/h6-9,13,15H,4-5,10H2,1-3H3. The highest BCUT2D eigenvalue weighted by Crippen LogP contribution is 2.52. The lowest BCUT2D eigenvalue weighted by Gasteiger charge is -2.24. The van der Waals surface area contributed by atoms with Gasteiger partial charge in [0.25, 0.3) is 0 Å². The number of nitrogens with one attached hydrogen (secondary N) is 1. The Morgan fingerprint density at radius 3 is 2.09 bits per heavy atom. The quantitative estimate of drug-likeness (QED) is 0.691. The van der Waals surface area contributed by atoms with Crippen molar-refractivity contribution in [1.82, 2.24) is 4.72 Å². The van der Waals surface area contributed by atoms with Crippen LogP contribution in [-0.4, -0.2) is 34.1 Å². The lowest BCUT2D eigenvalue weighted by atomic mass is 10.2. The summed E-state index contributed by atoms with van der Waals surface area (Å²) in [7, 11) is -7.95. The van der Waals surface area contributed by atoms with Crippen molar-refractivity contribution in [3.05, 3.63) is 29.8 Å². The molecule has 0 aliphatic heterocycles. The third kappa shape index (κ3) is 4.86. The molecule has 0 heterocycles. The molecule has 9 heteroatoms. The summed E-state index contributed by atoms with van der Waals surface area (Å²) < 4.78 is 62.3. The summed E-state index contributed by atoms with van der Waals surface area (Å²) in [6.07, 6.45) is 0. The van der Waals surface area contributed by atoms with Crippen LogP contribution in [0.15, 0.2) is 29.2 Å². The van der Waals surface area contributed by atoms with Gasteiger partial charge in [-0.2, -0.15) is 4.72 Å². The van der Waals surface area contributed by atoms with Crippen molar-refractivity contribution in [2.75, 3.05) is 19.9 Å². The smallest absolute Gasteiger partial charge is 0.308 e. The number of hydrogen-bond donors (Lipinski definition) is 1. The average molecular weight is 353 g/mol. The predicted octanol–water partition coefficient (Wildman–Crippen LogP) is 2.84. The molecular formula is C13H21FNO5PS. The van der Waals surface area contributed by atoms with Crippen LogP contribution < -0.4 is 4.72 Å². The molecule has 0 radical (unpaired) electrons. The van der Waals surface area contributed by atoms with Gasteiger partial charge in [-0.15, -0.1) is 0 Å². The summed E-state index contributed by atoms with van der Waals surface area (Å²) in [5.74, 6) is -1.58. The van der Waals surface area contributed by atoms with Crippen molar-refractivity contribution in [2.45, 2.75) is 31.4 Å². The van der Waals surface area contributed by atoms with Crippen LogP contribution in [0, 0.1) is 6.92 Å². The number of halogens is 1. The molecule has 0 bridgehead atoms. The fourth-order valence-corrected chi connectivity index (χ4v) is 5.03. The van der Waals surface area contributed by atoms with Crippen LogP contribution in [0.25, 0.3) is 0 Å². The molecule has 0 aliphatic carbocycles. The Bertz CT molecular complexity index is 610. The first-order chi connectivity index (χ1) is 10.3. The summed E-state index contributed by atoms with van der Waals surface area (Å²) >= 11 is 0. The number of hydrogen-bond acceptors (Lipinski definition) is 5. The van der Waals surface area contributed by atoms with Gasteiger partial charge in [0.15, 0.2) is 5.78 Å². The van der Waals surface area contributed by atoms with Gasteiger partial charge in [-0.25, -0.2) is 12.8 Å². The van der Waals surface area contributed by atoms with E-state index < -0.39 is 30.1 Å². The Morgan fingerprint density at radius 2 is 1.68 bits per heavy atom. The Labute approximate surface area is 130 Å². The van der Waals surface area contributed by atoms with Crippen molar-refractivity contribution in [1.29, 1.82) is 0 Å². The largest absolute Gasteiger partial charge is 0.351 e. The second-order valence-corrected chi connectivity index (χ2v) is 8.41. The topological polar surface area (TPSA) is 81.7 Å². The molecule has 0 spiro atoms. The monoisotopic (exact) mass is 353 g/mol. The lowest BCUT2D eigenvalue weighted by Crippen LogP contribution is -2.37. The van der Waals surface area contributed by atoms with E-state index in [0.717, 1.165) is 5.56 Å². The van der Waals surface area contributed by atoms with Crippen molar-refractivity contribution < 1.29 is 26.4 Å². The van der Waals surface area contributed by atoms with Crippen LogP contribution in [0.5, 0.6) is 0 Å². The molecule has 0 fully saturated rings. The van der Waals surface area contributed by atoms with Crippen LogP contribution >= 0.6 is 7.60 Å². The van der Waals surface area contributed by atoms with Crippen molar-refractivity contribution in [3.8, 4) is 0 Å². The zero-order valence-electron chi connectivity index (χ0n) is 12.8. The van der Waals surface area contributed by atoms with E-state index in [4.69, 9.17) is 9.05 Å². The third-order valence-corrected chi connectivity index (χ3v) is 6.70. The summed E-state index contributed by atoms with van der Waals surface area (Å²) in [6.45, 7) is 3.76. The van der Waals surface area contributed by atoms with E-state index in [0.29, 0.717) is 0 Å². The summed E-state index contributed by atoms with van der Waals surface area (Å²) in [5.41, 5.74) is 0.885. The summed E-state index contributed by atoms with van der Waals surface area (Å²) in [6, 6.07) is 6.01. The molecular weight excluding hydrogens is 332 g/mol. The molecule has 1 aromatic rings. The Balaban J connectivity index is 3.05. The van der Waals surface area contributed by atoms with Crippen LogP contribution in [0.1, 0.15) is 19.4 Å². The molecule has 1 atom stereocenters. The normalized spacial score (nSPS) is 14.0. The second kappa shape index (κ2) is 8.17. The number of alkyl halides is 1. The number of aryl methyl sites for hydroxylation is 1. The van der Waals surface area contributed by atoms with E-state index in [1.165, 1.54) is 12.1 Å². The number of benzene rings is 1. The van der Waals surface area contributed by atoms with Crippen LogP contribution in [0.4, 0.5) is 4.39 Å². The average Bonchev–Trinajstić information content (AvgIpc) is 2.45. The highest BCUT2D eigenvalue weighted by Gasteiger charge is 2.38. The minimum atomic E-state index is -4.03. The van der Waals surface area contributed by atoms with Gasteiger partial charge in [-0.05, 0) is 32.9 Å². The summed E-state index contributed by atoms with van der Waals surface area (Å²) in [5, 5.41) is 0. The van der Waals surface area contributed by atoms with Gasteiger partial charge in [0.2, 0.25) is 10.0 Å². The van der Waals surface area contributed by atoms with E-state index in [1.54, 1.807) is 26.0 Å². The molecule has 6 nitrogen and oxygen atoms in total. The Kier molecular flexibility index (Phi) is 7.15. The van der Waals surface area contributed by atoms with Gasteiger partial charge in [0.05, 0.1) is 18.1 Å². The molecule has 1 rings (SSSR count). The number of sulfonamides is 1. The molecule has 1 N–H and O–H groups in total. The molecule has 126 valence electrons. The maximum Gasteiger partial charge on any atom is 0.351 e. The van der Waals surface area contributed by atoms with Gasteiger partial charge < -0.3 is 9.05 Å². The third-order valence-electron chi connectivity index (χ3n) is 2.77. The minimum Gasteiger partial charge on any atom is -0.308 e. The molecule has 22 heavy (non-hydrogen) atoms. The molecule has 0 aliphatic rings. The van der Waals surface area contributed by atoms with Gasteiger partial charge in [0, 0.05) is 0 Å². The van der Waals surface area contributed by atoms with Gasteiger partial charge in [0.1, 0.15) is 6.67 Å². The zero-order valence-corrected chi connectivity index (χ0v) is 14.5. The molecule has 1 unspecified atom stereocenters.